The Balaban J connectivity index is 2.86. The highest BCUT2D eigenvalue weighted by Crippen LogP contribution is 2.18. The molecule has 0 aliphatic heterocycles. The zero-order valence-corrected chi connectivity index (χ0v) is 12.8. The van der Waals surface area contributed by atoms with E-state index in [9.17, 15) is 13.2 Å². The first-order valence-corrected chi connectivity index (χ1v) is 7.94. The standard InChI is InChI=1S/C12H17ClN2O3S/c1-8(10-6-5-9(13)7-14-10)15-11(16)12(2,3)19(4,17)18/h5-8H,1-4H3,(H,15,16)/t8-/m0/s1. The first-order chi connectivity index (χ1) is 8.55. The Labute approximate surface area is 118 Å². The first kappa shape index (κ1) is 15.9. The summed E-state index contributed by atoms with van der Waals surface area (Å²) in [5.74, 6) is -0.556. The molecule has 5 nitrogen and oxygen atoms in total. The van der Waals surface area contributed by atoms with Crippen molar-refractivity contribution in [2.24, 2.45) is 0 Å². The van der Waals surface area contributed by atoms with Gasteiger partial charge >= 0.3 is 0 Å². The molecule has 0 fully saturated rings. The number of hydrogen-bond acceptors (Lipinski definition) is 4. The third-order valence-corrected chi connectivity index (χ3v) is 5.28. The molecule has 0 unspecified atom stereocenters. The number of pyridine rings is 1. The van der Waals surface area contributed by atoms with Crippen LogP contribution in [0.25, 0.3) is 0 Å². The summed E-state index contributed by atoms with van der Waals surface area (Å²) < 4.78 is 21.6. The number of rotatable bonds is 4. The van der Waals surface area contributed by atoms with Gasteiger partial charge in [0.2, 0.25) is 5.91 Å². The molecule has 0 saturated heterocycles. The predicted octanol–water partition coefficient (Wildman–Crippen LogP) is 1.74. The Kier molecular flexibility index (Phi) is 4.58. The van der Waals surface area contributed by atoms with Crippen LogP contribution < -0.4 is 5.32 Å². The molecule has 0 aromatic carbocycles. The molecule has 1 aromatic rings. The monoisotopic (exact) mass is 304 g/mol. The fourth-order valence-electron chi connectivity index (χ4n) is 1.26. The molecule has 0 saturated carbocycles. The first-order valence-electron chi connectivity index (χ1n) is 5.67. The van der Waals surface area contributed by atoms with E-state index in [-0.39, 0.29) is 0 Å². The van der Waals surface area contributed by atoms with E-state index < -0.39 is 26.5 Å². The number of carbonyl (C=O) groups excluding carboxylic acids is 1. The number of halogens is 1. The smallest absolute Gasteiger partial charge is 0.241 e. The van der Waals surface area contributed by atoms with Crippen LogP contribution >= 0.6 is 11.6 Å². The van der Waals surface area contributed by atoms with Gasteiger partial charge in [0.25, 0.3) is 0 Å². The highest BCUT2D eigenvalue weighted by Gasteiger charge is 2.39. The van der Waals surface area contributed by atoms with Crippen molar-refractivity contribution in [2.45, 2.75) is 31.6 Å². The quantitative estimate of drug-likeness (QED) is 0.919. The normalized spacial score (nSPS) is 13.9. The van der Waals surface area contributed by atoms with E-state index in [2.05, 4.69) is 10.3 Å². The number of hydrogen-bond donors (Lipinski definition) is 1. The van der Waals surface area contributed by atoms with E-state index in [0.717, 1.165) is 6.26 Å². The summed E-state index contributed by atoms with van der Waals surface area (Å²) in [6.45, 7) is 4.48. The number of nitrogens with one attached hydrogen (secondary N) is 1. The minimum atomic E-state index is -3.49. The summed E-state index contributed by atoms with van der Waals surface area (Å²) in [6.07, 6.45) is 2.51. The topological polar surface area (TPSA) is 76.1 Å². The van der Waals surface area contributed by atoms with E-state index in [0.29, 0.717) is 10.7 Å². The summed E-state index contributed by atoms with van der Waals surface area (Å²) >= 11 is 5.73. The molecule has 1 amide bonds. The molecule has 1 heterocycles. The highest BCUT2D eigenvalue weighted by atomic mass is 35.5. The molecule has 19 heavy (non-hydrogen) atoms. The third kappa shape index (κ3) is 3.67. The summed E-state index contributed by atoms with van der Waals surface area (Å²) in [5, 5.41) is 3.14. The summed E-state index contributed by atoms with van der Waals surface area (Å²) in [7, 11) is -3.49. The number of aromatic nitrogens is 1. The number of nitrogens with zero attached hydrogens (tertiary/aromatic N) is 1. The van der Waals surface area contributed by atoms with Crippen LogP contribution in [0, 0.1) is 0 Å². The Morgan fingerprint density at radius 3 is 2.42 bits per heavy atom. The second kappa shape index (κ2) is 5.46. The van der Waals surface area contributed by atoms with Crippen LogP contribution in [0.2, 0.25) is 5.02 Å². The molecule has 0 bridgehead atoms. The van der Waals surface area contributed by atoms with Crippen LogP contribution in [-0.2, 0) is 14.6 Å². The number of amides is 1. The molecule has 0 radical (unpaired) electrons. The zero-order chi connectivity index (χ0) is 14.8. The van der Waals surface area contributed by atoms with Crippen molar-refractivity contribution in [3.05, 3.63) is 29.0 Å². The number of carbonyl (C=O) groups is 1. The van der Waals surface area contributed by atoms with Gasteiger partial charge in [0, 0.05) is 12.5 Å². The van der Waals surface area contributed by atoms with Crippen molar-refractivity contribution in [2.75, 3.05) is 6.26 Å². The number of sulfone groups is 1. The summed E-state index contributed by atoms with van der Waals surface area (Å²) in [5.41, 5.74) is 0.613. The molecule has 106 valence electrons. The van der Waals surface area contributed by atoms with E-state index in [1.807, 2.05) is 0 Å². The van der Waals surface area contributed by atoms with Gasteiger partial charge in [-0.15, -0.1) is 0 Å². The van der Waals surface area contributed by atoms with Crippen LogP contribution in [0.1, 0.15) is 32.5 Å². The fraction of sp³-hybridized carbons (Fsp3) is 0.500. The predicted molar refractivity (Wildman–Crippen MR) is 74.7 cm³/mol. The van der Waals surface area contributed by atoms with Crippen molar-refractivity contribution in [3.63, 3.8) is 0 Å². The second-order valence-corrected chi connectivity index (χ2v) is 7.88. The van der Waals surface area contributed by atoms with Crippen LogP contribution in [0.4, 0.5) is 0 Å². The molecule has 1 rings (SSSR count). The fourth-order valence-corrected chi connectivity index (χ4v) is 1.76. The summed E-state index contributed by atoms with van der Waals surface area (Å²) in [4.78, 5) is 16.1. The lowest BCUT2D eigenvalue weighted by molar-refractivity contribution is -0.123. The molecular weight excluding hydrogens is 288 g/mol. The van der Waals surface area contributed by atoms with Gasteiger partial charge < -0.3 is 5.32 Å². The highest BCUT2D eigenvalue weighted by molar-refractivity contribution is 7.92. The van der Waals surface area contributed by atoms with Gasteiger partial charge in [-0.3, -0.25) is 9.78 Å². The Morgan fingerprint density at radius 2 is 2.00 bits per heavy atom. The third-order valence-electron chi connectivity index (χ3n) is 3.02. The Hall–Kier alpha value is -1.14. The molecule has 1 N–H and O–H groups in total. The van der Waals surface area contributed by atoms with E-state index >= 15 is 0 Å². The maximum Gasteiger partial charge on any atom is 0.241 e. The average molecular weight is 305 g/mol. The van der Waals surface area contributed by atoms with E-state index in [4.69, 9.17) is 11.6 Å². The van der Waals surface area contributed by atoms with Crippen LogP contribution in [0.15, 0.2) is 18.3 Å². The lowest BCUT2D eigenvalue weighted by Crippen LogP contribution is -2.48. The second-order valence-electron chi connectivity index (χ2n) is 4.88. The SMILES string of the molecule is C[C@H](NC(=O)C(C)(C)S(C)(=O)=O)c1ccc(Cl)cn1. The lowest BCUT2D eigenvalue weighted by Gasteiger charge is -2.24. The molecule has 0 aliphatic rings. The van der Waals surface area contributed by atoms with Gasteiger partial charge in [-0.05, 0) is 32.9 Å². The van der Waals surface area contributed by atoms with Crippen molar-refractivity contribution in [1.82, 2.24) is 10.3 Å². The van der Waals surface area contributed by atoms with Gasteiger partial charge in [0.15, 0.2) is 9.84 Å². The van der Waals surface area contributed by atoms with Gasteiger partial charge in [-0.25, -0.2) is 8.42 Å². The Morgan fingerprint density at radius 1 is 1.42 bits per heavy atom. The molecule has 0 spiro atoms. The maximum atomic E-state index is 12.0. The minimum absolute atomic E-state index is 0.397. The van der Waals surface area contributed by atoms with Gasteiger partial charge in [-0.1, -0.05) is 11.6 Å². The lowest BCUT2D eigenvalue weighted by atomic mass is 10.1. The Bertz CT molecular complexity index is 567. The van der Waals surface area contributed by atoms with Gasteiger partial charge in [0.05, 0.1) is 16.8 Å². The van der Waals surface area contributed by atoms with Crippen molar-refractivity contribution in [1.29, 1.82) is 0 Å². The van der Waals surface area contributed by atoms with E-state index in [1.54, 1.807) is 19.1 Å². The largest absolute Gasteiger partial charge is 0.347 e. The molecule has 1 atom stereocenters. The van der Waals surface area contributed by atoms with Crippen molar-refractivity contribution >= 4 is 27.3 Å². The van der Waals surface area contributed by atoms with Gasteiger partial charge in [0.1, 0.15) is 4.75 Å². The van der Waals surface area contributed by atoms with Crippen LogP contribution in [0.3, 0.4) is 0 Å². The van der Waals surface area contributed by atoms with Crippen molar-refractivity contribution in [3.8, 4) is 0 Å². The zero-order valence-electron chi connectivity index (χ0n) is 11.3. The van der Waals surface area contributed by atoms with Crippen LogP contribution in [-0.4, -0.2) is 30.3 Å². The van der Waals surface area contributed by atoms with Gasteiger partial charge in [-0.2, -0.15) is 0 Å². The summed E-state index contributed by atoms with van der Waals surface area (Å²) in [6, 6.07) is 2.94. The molecular formula is C12H17ClN2O3S. The maximum absolute atomic E-state index is 12.0. The minimum Gasteiger partial charge on any atom is -0.347 e. The van der Waals surface area contributed by atoms with Crippen LogP contribution in [0.5, 0.6) is 0 Å². The molecule has 7 heteroatoms. The molecule has 0 aliphatic carbocycles. The van der Waals surface area contributed by atoms with E-state index in [1.165, 1.54) is 20.0 Å². The van der Waals surface area contributed by atoms with Crippen molar-refractivity contribution < 1.29 is 13.2 Å². The average Bonchev–Trinajstić information content (AvgIpc) is 2.28. The molecule has 1 aromatic heterocycles.